The van der Waals surface area contributed by atoms with Crippen LogP contribution < -0.4 is 0 Å². The number of hydrogen-bond acceptors (Lipinski definition) is 2. The lowest BCUT2D eigenvalue weighted by atomic mass is 9.63. The lowest BCUT2D eigenvalue weighted by Gasteiger charge is -2.37. The van der Waals surface area contributed by atoms with Crippen LogP contribution in [-0.2, 0) is 9.59 Å². The number of carbonyl (C=O) groups is 2. The summed E-state index contributed by atoms with van der Waals surface area (Å²) in [7, 11) is 0. The molecule has 1 saturated heterocycles. The fraction of sp³-hybridized carbons (Fsp3) is 0.714. The van der Waals surface area contributed by atoms with Gasteiger partial charge in [-0.05, 0) is 36.5 Å². The van der Waals surface area contributed by atoms with Gasteiger partial charge in [-0.2, -0.15) is 0 Å². The molecule has 6 atom stereocenters. The van der Waals surface area contributed by atoms with Gasteiger partial charge in [-0.1, -0.05) is 28.1 Å². The monoisotopic (exact) mass is 309 g/mol. The molecule has 0 spiro atoms. The Labute approximate surface area is 115 Å². The number of imide groups is 1. The topological polar surface area (TPSA) is 37.4 Å². The van der Waals surface area contributed by atoms with Crippen molar-refractivity contribution in [3.05, 3.63) is 12.2 Å². The molecule has 3 nitrogen and oxygen atoms in total. The molecule has 2 saturated carbocycles. The van der Waals surface area contributed by atoms with E-state index in [9.17, 15) is 9.59 Å². The predicted molar refractivity (Wildman–Crippen MR) is 69.8 cm³/mol. The predicted octanol–water partition coefficient (Wildman–Crippen LogP) is 1.82. The normalized spacial score (nSPS) is 47.5. The van der Waals surface area contributed by atoms with Crippen LogP contribution in [0.15, 0.2) is 12.2 Å². The van der Waals surface area contributed by atoms with Gasteiger partial charge in [0.25, 0.3) is 0 Å². The summed E-state index contributed by atoms with van der Waals surface area (Å²) in [5, 5.41) is 0.843. The Hall–Kier alpha value is -0.640. The zero-order valence-electron chi connectivity index (χ0n) is 10.1. The third-order valence-corrected chi connectivity index (χ3v) is 5.83. The van der Waals surface area contributed by atoms with E-state index in [2.05, 4.69) is 28.1 Å². The van der Waals surface area contributed by atoms with Gasteiger partial charge < -0.3 is 0 Å². The van der Waals surface area contributed by atoms with E-state index in [1.54, 1.807) is 0 Å². The number of nitrogens with zero attached hydrogens (tertiary/aromatic N) is 1. The minimum absolute atomic E-state index is 0.0217. The molecule has 5 aliphatic rings. The lowest BCUT2D eigenvalue weighted by molar-refractivity contribution is -0.140. The minimum Gasteiger partial charge on any atom is -0.282 e. The molecular formula is C14H16BrNO2. The molecule has 0 radical (unpaired) electrons. The zero-order chi connectivity index (χ0) is 12.4. The molecule has 0 aromatic carbocycles. The third kappa shape index (κ3) is 1.25. The van der Waals surface area contributed by atoms with E-state index >= 15 is 0 Å². The van der Waals surface area contributed by atoms with Gasteiger partial charge in [0.2, 0.25) is 11.8 Å². The number of rotatable bonds is 3. The second-order valence-corrected chi connectivity index (χ2v) is 6.82. The lowest BCUT2D eigenvalue weighted by Crippen LogP contribution is -2.40. The van der Waals surface area contributed by atoms with E-state index in [1.165, 1.54) is 11.3 Å². The van der Waals surface area contributed by atoms with Gasteiger partial charge in [0.05, 0.1) is 11.8 Å². The quantitative estimate of drug-likeness (QED) is 0.453. The molecule has 0 aromatic heterocycles. The summed E-state index contributed by atoms with van der Waals surface area (Å²) in [5.74, 6) is 2.29. The average molecular weight is 310 g/mol. The summed E-state index contributed by atoms with van der Waals surface area (Å²) in [6.07, 6.45) is 6.53. The van der Waals surface area contributed by atoms with Crippen molar-refractivity contribution in [3.63, 3.8) is 0 Å². The van der Waals surface area contributed by atoms with Crippen LogP contribution in [0.2, 0.25) is 0 Å². The summed E-state index contributed by atoms with van der Waals surface area (Å²) in [6, 6.07) is 0. The van der Waals surface area contributed by atoms with Gasteiger partial charge in [0.1, 0.15) is 0 Å². The largest absolute Gasteiger partial charge is 0.282 e. The molecular weight excluding hydrogens is 294 g/mol. The number of amides is 2. The van der Waals surface area contributed by atoms with E-state index in [4.69, 9.17) is 0 Å². The Morgan fingerprint density at radius 2 is 1.67 bits per heavy atom. The average Bonchev–Trinajstić information content (AvgIpc) is 3.15. The van der Waals surface area contributed by atoms with Crippen LogP contribution in [0.3, 0.4) is 0 Å². The van der Waals surface area contributed by atoms with Crippen molar-refractivity contribution in [2.75, 3.05) is 11.9 Å². The van der Waals surface area contributed by atoms with Crippen LogP contribution in [0, 0.1) is 35.5 Å². The summed E-state index contributed by atoms with van der Waals surface area (Å²) in [6.45, 7) is 0.588. The molecule has 3 fully saturated rings. The van der Waals surface area contributed by atoms with E-state index in [0.717, 1.165) is 11.8 Å². The van der Waals surface area contributed by atoms with Gasteiger partial charge >= 0.3 is 0 Å². The fourth-order valence-electron chi connectivity index (χ4n) is 4.46. The van der Waals surface area contributed by atoms with Crippen LogP contribution in [0.25, 0.3) is 0 Å². The molecule has 0 N–H and O–H groups in total. The number of carbonyl (C=O) groups excluding carboxylic acids is 2. The van der Waals surface area contributed by atoms with Crippen molar-refractivity contribution in [3.8, 4) is 0 Å². The standard InChI is InChI=1S/C14H16BrNO2/c15-4-1-5-16-13(17)11-7-2-3-8(10-6-9(7)10)12(11)14(16)18/h2-3,7-12H,1,4-6H2/t7-,8+,9?,10?,11?,12?. The maximum atomic E-state index is 12.5. The van der Waals surface area contributed by atoms with Crippen LogP contribution in [0.4, 0.5) is 0 Å². The molecule has 18 heavy (non-hydrogen) atoms. The fourth-order valence-corrected chi connectivity index (χ4v) is 4.71. The van der Waals surface area contributed by atoms with Crippen LogP contribution in [0.1, 0.15) is 12.8 Å². The number of likely N-dealkylation sites (tertiary alicyclic amines) is 1. The molecule has 2 bridgehead atoms. The maximum Gasteiger partial charge on any atom is 0.233 e. The molecule has 2 amide bonds. The second kappa shape index (κ2) is 3.69. The van der Waals surface area contributed by atoms with Gasteiger partial charge in [-0.25, -0.2) is 0 Å². The van der Waals surface area contributed by atoms with Crippen LogP contribution in [0.5, 0.6) is 0 Å². The van der Waals surface area contributed by atoms with Crippen molar-refractivity contribution in [2.45, 2.75) is 12.8 Å². The third-order valence-electron chi connectivity index (χ3n) is 5.27. The van der Waals surface area contributed by atoms with Crippen LogP contribution in [-0.4, -0.2) is 28.6 Å². The summed E-state index contributed by atoms with van der Waals surface area (Å²) < 4.78 is 0. The molecule has 4 heteroatoms. The second-order valence-electron chi connectivity index (χ2n) is 6.03. The Morgan fingerprint density at radius 3 is 2.17 bits per heavy atom. The molecule has 96 valence electrons. The first-order chi connectivity index (χ1) is 8.74. The Bertz CT molecular complexity index is 425. The van der Waals surface area contributed by atoms with Crippen molar-refractivity contribution in [1.29, 1.82) is 0 Å². The first kappa shape index (κ1) is 11.2. The highest BCUT2D eigenvalue weighted by Crippen LogP contribution is 2.65. The van der Waals surface area contributed by atoms with Gasteiger partial charge in [0, 0.05) is 11.9 Å². The molecule has 1 heterocycles. The number of halogens is 1. The van der Waals surface area contributed by atoms with Gasteiger partial charge in [-0.15, -0.1) is 0 Å². The molecule has 0 aromatic rings. The van der Waals surface area contributed by atoms with E-state index in [-0.39, 0.29) is 23.7 Å². The first-order valence-electron chi connectivity index (χ1n) is 6.83. The molecule has 1 aliphatic heterocycles. The molecule has 5 rings (SSSR count). The highest BCUT2D eigenvalue weighted by atomic mass is 79.9. The highest BCUT2D eigenvalue weighted by molar-refractivity contribution is 9.09. The minimum atomic E-state index is -0.0217. The van der Waals surface area contributed by atoms with E-state index in [1.807, 2.05) is 0 Å². The first-order valence-corrected chi connectivity index (χ1v) is 7.95. The van der Waals surface area contributed by atoms with Crippen molar-refractivity contribution >= 4 is 27.7 Å². The van der Waals surface area contributed by atoms with Crippen molar-refractivity contribution < 1.29 is 9.59 Å². The molecule has 4 unspecified atom stereocenters. The Balaban J connectivity index is 1.66. The van der Waals surface area contributed by atoms with E-state index < -0.39 is 0 Å². The summed E-state index contributed by atoms with van der Waals surface area (Å²) in [4.78, 5) is 26.5. The smallest absolute Gasteiger partial charge is 0.233 e. The van der Waals surface area contributed by atoms with Gasteiger partial charge in [-0.3, -0.25) is 14.5 Å². The SMILES string of the molecule is O=C1C2C(C(=O)N1CCCBr)[C@H]1C=C[C@@H]2C2CC21. The Morgan fingerprint density at radius 1 is 1.11 bits per heavy atom. The van der Waals surface area contributed by atoms with Gasteiger partial charge in [0.15, 0.2) is 0 Å². The zero-order valence-corrected chi connectivity index (χ0v) is 11.7. The number of alkyl halides is 1. The maximum absolute atomic E-state index is 12.5. The van der Waals surface area contributed by atoms with Crippen molar-refractivity contribution in [1.82, 2.24) is 4.90 Å². The highest BCUT2D eigenvalue weighted by Gasteiger charge is 2.66. The number of allylic oxidation sites excluding steroid dienone is 2. The molecule has 4 aliphatic carbocycles. The van der Waals surface area contributed by atoms with Crippen LogP contribution >= 0.6 is 15.9 Å². The van der Waals surface area contributed by atoms with Crippen molar-refractivity contribution in [2.24, 2.45) is 35.5 Å². The number of hydrogen-bond donors (Lipinski definition) is 0. The summed E-state index contributed by atoms with van der Waals surface area (Å²) in [5.41, 5.74) is 0. The van der Waals surface area contributed by atoms with E-state index in [0.29, 0.717) is 30.2 Å². The Kier molecular flexibility index (Phi) is 2.30. The summed E-state index contributed by atoms with van der Waals surface area (Å²) >= 11 is 3.36.